The minimum absolute atomic E-state index is 0.314. The molecular formula is C20H19FN6. The molecule has 2 N–H and O–H groups in total. The van der Waals surface area contributed by atoms with Crippen LogP contribution in [-0.4, -0.2) is 39.2 Å². The van der Waals surface area contributed by atoms with Gasteiger partial charge in [-0.2, -0.15) is 5.10 Å². The number of nitrogens with zero attached hydrogens (tertiary/aromatic N) is 4. The van der Waals surface area contributed by atoms with Crippen LogP contribution < -0.4 is 5.32 Å². The van der Waals surface area contributed by atoms with Crippen LogP contribution in [0.3, 0.4) is 0 Å². The SMILES string of the molecule is CN(C)Cc1ccc(Nc2nc(-c3ccccc3F)nc3cn[nH]c23)cc1. The van der Waals surface area contributed by atoms with E-state index in [1.807, 2.05) is 26.2 Å². The third kappa shape index (κ3) is 3.63. The molecule has 0 aliphatic heterocycles. The molecule has 4 rings (SSSR count). The number of hydrogen-bond donors (Lipinski definition) is 2. The van der Waals surface area contributed by atoms with Crippen LogP contribution >= 0.6 is 0 Å². The molecule has 0 bridgehead atoms. The lowest BCUT2D eigenvalue weighted by molar-refractivity contribution is 0.402. The van der Waals surface area contributed by atoms with Crippen molar-refractivity contribution in [3.8, 4) is 11.4 Å². The number of aromatic amines is 1. The first kappa shape index (κ1) is 17.1. The minimum atomic E-state index is -0.362. The fraction of sp³-hybridized carbons (Fsp3) is 0.150. The standard InChI is InChI=1S/C20H19FN6/c1-27(2)12-13-7-9-14(10-8-13)23-20-18-17(11-22-26-18)24-19(25-20)15-5-3-4-6-16(15)21/h3-11H,12H2,1-2H3,(H,22,26)(H,23,24,25). The summed E-state index contributed by atoms with van der Waals surface area (Å²) in [6.45, 7) is 0.871. The Balaban J connectivity index is 1.71. The molecule has 2 aromatic carbocycles. The molecule has 0 atom stereocenters. The van der Waals surface area contributed by atoms with Gasteiger partial charge in [-0.05, 0) is 43.9 Å². The molecule has 4 aromatic rings. The van der Waals surface area contributed by atoms with Gasteiger partial charge in [0.15, 0.2) is 11.6 Å². The highest BCUT2D eigenvalue weighted by Crippen LogP contribution is 2.27. The van der Waals surface area contributed by atoms with E-state index in [0.717, 1.165) is 12.2 Å². The molecule has 0 spiro atoms. The van der Waals surface area contributed by atoms with Crippen molar-refractivity contribution in [1.82, 2.24) is 25.1 Å². The molecule has 0 saturated carbocycles. The molecule has 0 aliphatic carbocycles. The summed E-state index contributed by atoms with van der Waals surface area (Å²) in [5, 5.41) is 10.2. The molecule has 0 radical (unpaired) electrons. The van der Waals surface area contributed by atoms with Crippen molar-refractivity contribution < 1.29 is 4.39 Å². The van der Waals surface area contributed by atoms with E-state index in [-0.39, 0.29) is 5.82 Å². The molecule has 6 nitrogen and oxygen atoms in total. The normalized spacial score (nSPS) is 11.3. The number of rotatable bonds is 5. The minimum Gasteiger partial charge on any atom is -0.338 e. The summed E-state index contributed by atoms with van der Waals surface area (Å²) in [5.74, 6) is 0.504. The van der Waals surface area contributed by atoms with Crippen LogP contribution in [0, 0.1) is 5.82 Å². The second-order valence-corrected chi connectivity index (χ2v) is 6.57. The maximum absolute atomic E-state index is 14.2. The van der Waals surface area contributed by atoms with E-state index in [0.29, 0.717) is 28.2 Å². The van der Waals surface area contributed by atoms with Crippen LogP contribution in [0.15, 0.2) is 54.7 Å². The number of aromatic nitrogens is 4. The van der Waals surface area contributed by atoms with E-state index >= 15 is 0 Å². The second kappa shape index (κ2) is 7.13. The van der Waals surface area contributed by atoms with Crippen molar-refractivity contribution in [2.24, 2.45) is 0 Å². The topological polar surface area (TPSA) is 69.7 Å². The van der Waals surface area contributed by atoms with Crippen molar-refractivity contribution in [3.63, 3.8) is 0 Å². The Hall–Kier alpha value is -3.32. The molecule has 27 heavy (non-hydrogen) atoms. The van der Waals surface area contributed by atoms with Gasteiger partial charge in [-0.25, -0.2) is 14.4 Å². The van der Waals surface area contributed by atoms with Crippen LogP contribution in [0.1, 0.15) is 5.56 Å². The lowest BCUT2D eigenvalue weighted by atomic mass is 10.2. The highest BCUT2D eigenvalue weighted by Gasteiger charge is 2.14. The highest BCUT2D eigenvalue weighted by atomic mass is 19.1. The van der Waals surface area contributed by atoms with Crippen LogP contribution in [0.4, 0.5) is 15.9 Å². The van der Waals surface area contributed by atoms with Crippen LogP contribution in [-0.2, 0) is 6.54 Å². The molecule has 0 fully saturated rings. The zero-order valence-electron chi connectivity index (χ0n) is 15.1. The molecule has 0 saturated heterocycles. The van der Waals surface area contributed by atoms with Gasteiger partial charge in [-0.1, -0.05) is 24.3 Å². The Morgan fingerprint density at radius 2 is 1.81 bits per heavy atom. The average Bonchev–Trinajstić information content (AvgIpc) is 3.12. The predicted molar refractivity (Wildman–Crippen MR) is 104 cm³/mol. The van der Waals surface area contributed by atoms with E-state index in [1.54, 1.807) is 24.4 Å². The van der Waals surface area contributed by atoms with Crippen molar-refractivity contribution in [1.29, 1.82) is 0 Å². The Morgan fingerprint density at radius 3 is 2.56 bits per heavy atom. The number of benzene rings is 2. The Bertz CT molecular complexity index is 1070. The number of nitrogens with one attached hydrogen (secondary N) is 2. The number of fused-ring (bicyclic) bond motifs is 1. The van der Waals surface area contributed by atoms with Gasteiger partial charge in [-0.15, -0.1) is 0 Å². The van der Waals surface area contributed by atoms with Crippen molar-refractivity contribution in [2.45, 2.75) is 6.54 Å². The lowest BCUT2D eigenvalue weighted by Gasteiger charge is -2.12. The smallest absolute Gasteiger partial charge is 0.165 e. The summed E-state index contributed by atoms with van der Waals surface area (Å²) in [4.78, 5) is 11.1. The molecular weight excluding hydrogens is 343 g/mol. The van der Waals surface area contributed by atoms with Gasteiger partial charge >= 0.3 is 0 Å². The number of H-pyrrole nitrogens is 1. The van der Waals surface area contributed by atoms with Gasteiger partial charge in [0.25, 0.3) is 0 Å². The third-order valence-electron chi connectivity index (χ3n) is 4.13. The maximum atomic E-state index is 14.2. The van der Waals surface area contributed by atoms with Crippen LogP contribution in [0.5, 0.6) is 0 Å². The summed E-state index contributed by atoms with van der Waals surface area (Å²) in [6.07, 6.45) is 1.60. The highest BCUT2D eigenvalue weighted by molar-refractivity contribution is 5.88. The summed E-state index contributed by atoms with van der Waals surface area (Å²) in [5.41, 5.74) is 3.74. The van der Waals surface area contributed by atoms with E-state index < -0.39 is 0 Å². The fourth-order valence-corrected chi connectivity index (χ4v) is 2.89. The van der Waals surface area contributed by atoms with Crippen molar-refractivity contribution >= 4 is 22.5 Å². The van der Waals surface area contributed by atoms with Crippen molar-refractivity contribution in [2.75, 3.05) is 19.4 Å². The average molecular weight is 362 g/mol. The fourth-order valence-electron chi connectivity index (χ4n) is 2.89. The van der Waals surface area contributed by atoms with Gasteiger partial charge in [-0.3, -0.25) is 5.10 Å². The molecule has 0 amide bonds. The van der Waals surface area contributed by atoms with Gasteiger partial charge < -0.3 is 10.2 Å². The van der Waals surface area contributed by atoms with Gasteiger partial charge in [0.05, 0.1) is 11.8 Å². The molecule has 7 heteroatoms. The molecule has 2 heterocycles. The number of halogens is 1. The molecule has 2 aromatic heterocycles. The van der Waals surface area contributed by atoms with Gasteiger partial charge in [0.1, 0.15) is 16.9 Å². The second-order valence-electron chi connectivity index (χ2n) is 6.57. The first-order chi connectivity index (χ1) is 13.1. The number of anilines is 2. The number of hydrogen-bond acceptors (Lipinski definition) is 5. The molecule has 136 valence electrons. The lowest BCUT2D eigenvalue weighted by Crippen LogP contribution is -2.10. The summed E-state index contributed by atoms with van der Waals surface area (Å²) in [7, 11) is 4.07. The van der Waals surface area contributed by atoms with E-state index in [4.69, 9.17) is 0 Å². The largest absolute Gasteiger partial charge is 0.338 e. The quantitative estimate of drug-likeness (QED) is 0.562. The van der Waals surface area contributed by atoms with Crippen molar-refractivity contribution in [3.05, 3.63) is 66.1 Å². The molecule has 0 aliphatic rings. The first-order valence-corrected chi connectivity index (χ1v) is 8.57. The summed E-state index contributed by atoms with van der Waals surface area (Å²) in [6, 6.07) is 14.6. The zero-order chi connectivity index (χ0) is 18.8. The summed E-state index contributed by atoms with van der Waals surface area (Å²) >= 11 is 0. The van der Waals surface area contributed by atoms with Gasteiger partial charge in [0, 0.05) is 12.2 Å². The van der Waals surface area contributed by atoms with E-state index in [1.165, 1.54) is 11.6 Å². The maximum Gasteiger partial charge on any atom is 0.165 e. The zero-order valence-corrected chi connectivity index (χ0v) is 15.1. The first-order valence-electron chi connectivity index (χ1n) is 8.57. The monoisotopic (exact) mass is 362 g/mol. The van der Waals surface area contributed by atoms with E-state index in [9.17, 15) is 4.39 Å². The van der Waals surface area contributed by atoms with Crippen LogP contribution in [0.2, 0.25) is 0 Å². The third-order valence-corrected chi connectivity index (χ3v) is 4.13. The Morgan fingerprint density at radius 1 is 1.04 bits per heavy atom. The van der Waals surface area contributed by atoms with E-state index in [2.05, 4.69) is 42.5 Å². The Labute approximate surface area is 156 Å². The van der Waals surface area contributed by atoms with Gasteiger partial charge in [0.2, 0.25) is 0 Å². The summed E-state index contributed by atoms with van der Waals surface area (Å²) < 4.78 is 14.2. The Kier molecular flexibility index (Phi) is 4.52. The van der Waals surface area contributed by atoms with Crippen LogP contribution in [0.25, 0.3) is 22.4 Å². The predicted octanol–water partition coefficient (Wildman–Crippen LogP) is 3.96. The molecule has 0 unspecified atom stereocenters.